The minimum absolute atomic E-state index is 0.368. The van der Waals surface area contributed by atoms with Crippen LogP contribution in [0.4, 0.5) is 0 Å². The van der Waals surface area contributed by atoms with Gasteiger partial charge in [-0.05, 0) is 6.92 Å². The van der Waals surface area contributed by atoms with E-state index in [1.807, 2.05) is 0 Å². The molecule has 2 saturated heterocycles. The minimum Gasteiger partial charge on any atom is -0.364 e. The average molecular weight is 129 g/mol. The lowest BCUT2D eigenvalue weighted by atomic mass is 10.2. The molecule has 0 aromatic heterocycles. The van der Waals surface area contributed by atoms with Crippen LogP contribution in [0.25, 0.3) is 0 Å². The Hall–Kier alpha value is -0.120. The molecule has 0 spiro atoms. The van der Waals surface area contributed by atoms with Crippen molar-refractivity contribution in [3.8, 4) is 0 Å². The van der Waals surface area contributed by atoms with Crippen molar-refractivity contribution in [2.24, 2.45) is 0 Å². The third-order valence-electron chi connectivity index (χ3n) is 2.06. The van der Waals surface area contributed by atoms with Gasteiger partial charge in [0.2, 0.25) is 0 Å². The van der Waals surface area contributed by atoms with Crippen molar-refractivity contribution in [1.82, 2.24) is 4.90 Å². The van der Waals surface area contributed by atoms with Crippen LogP contribution in [-0.2, 0) is 9.47 Å². The van der Waals surface area contributed by atoms with Gasteiger partial charge in [0.15, 0.2) is 0 Å². The molecule has 52 valence electrons. The van der Waals surface area contributed by atoms with E-state index < -0.39 is 0 Å². The summed E-state index contributed by atoms with van der Waals surface area (Å²) in [6, 6.07) is 0.532. The second-order valence-electron chi connectivity index (χ2n) is 2.66. The molecule has 0 aliphatic carbocycles. The topological polar surface area (TPSA) is 21.7 Å². The SMILES string of the molecule is CC1OCN2COCC12. The Kier molecular flexibility index (Phi) is 1.22. The lowest BCUT2D eigenvalue weighted by Gasteiger charge is -2.09. The number of hydrogen-bond donors (Lipinski definition) is 0. The lowest BCUT2D eigenvalue weighted by Crippen LogP contribution is -2.29. The van der Waals surface area contributed by atoms with E-state index in [1.165, 1.54) is 0 Å². The molecule has 2 atom stereocenters. The van der Waals surface area contributed by atoms with Gasteiger partial charge in [-0.25, -0.2) is 4.90 Å². The van der Waals surface area contributed by atoms with Gasteiger partial charge in [-0.2, -0.15) is 0 Å². The summed E-state index contributed by atoms with van der Waals surface area (Å²) < 4.78 is 10.6. The molecule has 2 aliphatic rings. The molecule has 2 heterocycles. The van der Waals surface area contributed by atoms with Gasteiger partial charge in [-0.1, -0.05) is 0 Å². The summed E-state index contributed by atoms with van der Waals surface area (Å²) >= 11 is 0. The fraction of sp³-hybridized carbons (Fsp3) is 1.00. The third-order valence-corrected chi connectivity index (χ3v) is 2.06. The van der Waals surface area contributed by atoms with E-state index in [0.29, 0.717) is 12.1 Å². The normalized spacial score (nSPS) is 43.7. The van der Waals surface area contributed by atoms with Gasteiger partial charge >= 0.3 is 0 Å². The van der Waals surface area contributed by atoms with E-state index in [2.05, 4.69) is 11.8 Å². The van der Waals surface area contributed by atoms with Gasteiger partial charge in [-0.15, -0.1) is 0 Å². The largest absolute Gasteiger partial charge is 0.364 e. The molecule has 0 aromatic rings. The first kappa shape index (κ1) is 5.65. The molecular weight excluding hydrogens is 118 g/mol. The van der Waals surface area contributed by atoms with Crippen molar-refractivity contribution < 1.29 is 9.47 Å². The molecule has 0 radical (unpaired) electrons. The summed E-state index contributed by atoms with van der Waals surface area (Å²) in [5, 5.41) is 0. The summed E-state index contributed by atoms with van der Waals surface area (Å²) in [5.41, 5.74) is 0. The fourth-order valence-corrected chi connectivity index (χ4v) is 1.38. The monoisotopic (exact) mass is 129 g/mol. The first-order chi connectivity index (χ1) is 4.38. The summed E-state index contributed by atoms with van der Waals surface area (Å²) in [6.45, 7) is 4.46. The molecule has 2 fully saturated rings. The van der Waals surface area contributed by atoms with Crippen LogP contribution in [0.5, 0.6) is 0 Å². The van der Waals surface area contributed by atoms with Crippen LogP contribution in [0, 0.1) is 0 Å². The highest BCUT2D eigenvalue weighted by molar-refractivity contribution is 4.82. The number of fused-ring (bicyclic) bond motifs is 1. The Morgan fingerprint density at radius 1 is 1.44 bits per heavy atom. The van der Waals surface area contributed by atoms with Gasteiger partial charge in [0.05, 0.1) is 18.8 Å². The lowest BCUT2D eigenvalue weighted by molar-refractivity contribution is 0.0438. The standard InChI is InChI=1S/C6H11NO2/c1-5-6-2-8-3-7(6)4-9-5/h5-6H,2-4H2,1H3. The Bertz CT molecular complexity index is 118. The quantitative estimate of drug-likeness (QED) is 0.460. The van der Waals surface area contributed by atoms with E-state index in [4.69, 9.17) is 9.47 Å². The Morgan fingerprint density at radius 3 is 3.11 bits per heavy atom. The minimum atomic E-state index is 0.368. The first-order valence-corrected chi connectivity index (χ1v) is 3.31. The number of ether oxygens (including phenoxy) is 2. The van der Waals surface area contributed by atoms with Crippen LogP contribution >= 0.6 is 0 Å². The van der Waals surface area contributed by atoms with E-state index >= 15 is 0 Å². The van der Waals surface area contributed by atoms with Crippen LogP contribution in [0.1, 0.15) is 6.92 Å². The van der Waals surface area contributed by atoms with Gasteiger partial charge < -0.3 is 9.47 Å². The molecule has 2 unspecified atom stereocenters. The van der Waals surface area contributed by atoms with Crippen molar-refractivity contribution in [3.05, 3.63) is 0 Å². The second kappa shape index (κ2) is 1.94. The number of hydrogen-bond acceptors (Lipinski definition) is 3. The third kappa shape index (κ3) is 0.764. The van der Waals surface area contributed by atoms with Crippen LogP contribution in [0.2, 0.25) is 0 Å². The Morgan fingerprint density at radius 2 is 2.33 bits per heavy atom. The van der Waals surface area contributed by atoms with Gasteiger partial charge in [0.1, 0.15) is 13.5 Å². The van der Waals surface area contributed by atoms with Crippen LogP contribution < -0.4 is 0 Å². The highest BCUT2D eigenvalue weighted by Crippen LogP contribution is 2.21. The second-order valence-corrected chi connectivity index (χ2v) is 2.66. The highest BCUT2D eigenvalue weighted by Gasteiger charge is 2.36. The predicted molar refractivity (Wildman–Crippen MR) is 31.9 cm³/mol. The molecule has 2 aliphatic heterocycles. The zero-order chi connectivity index (χ0) is 6.27. The Labute approximate surface area is 54.5 Å². The van der Waals surface area contributed by atoms with Gasteiger partial charge in [-0.3, -0.25) is 0 Å². The summed E-state index contributed by atoms with van der Waals surface area (Å²) in [5.74, 6) is 0. The molecule has 9 heavy (non-hydrogen) atoms. The van der Waals surface area contributed by atoms with Gasteiger partial charge in [0.25, 0.3) is 0 Å². The Balaban J connectivity index is 2.07. The predicted octanol–water partition coefficient (Wildman–Crippen LogP) is 0.0209. The molecule has 3 heteroatoms. The molecule has 3 nitrogen and oxygen atoms in total. The summed E-state index contributed by atoms with van der Waals surface area (Å²) in [4.78, 5) is 2.21. The van der Waals surface area contributed by atoms with Crippen molar-refractivity contribution in [3.63, 3.8) is 0 Å². The molecule has 2 rings (SSSR count). The summed E-state index contributed by atoms with van der Waals surface area (Å²) in [7, 11) is 0. The van der Waals surface area contributed by atoms with E-state index in [-0.39, 0.29) is 0 Å². The molecule has 0 bridgehead atoms. The maximum Gasteiger partial charge on any atom is 0.102 e. The molecule has 0 amide bonds. The molecular formula is C6H11NO2. The first-order valence-electron chi connectivity index (χ1n) is 3.31. The van der Waals surface area contributed by atoms with Crippen LogP contribution in [0.3, 0.4) is 0 Å². The van der Waals surface area contributed by atoms with Crippen molar-refractivity contribution in [2.45, 2.75) is 19.1 Å². The molecule has 0 aromatic carbocycles. The average Bonchev–Trinajstić information content (AvgIpc) is 2.35. The van der Waals surface area contributed by atoms with E-state index in [1.54, 1.807) is 0 Å². The maximum absolute atomic E-state index is 5.37. The maximum atomic E-state index is 5.37. The fourth-order valence-electron chi connectivity index (χ4n) is 1.38. The number of rotatable bonds is 0. The zero-order valence-electron chi connectivity index (χ0n) is 5.54. The van der Waals surface area contributed by atoms with Crippen molar-refractivity contribution in [1.29, 1.82) is 0 Å². The highest BCUT2D eigenvalue weighted by atomic mass is 16.6. The van der Waals surface area contributed by atoms with Crippen molar-refractivity contribution >= 4 is 0 Å². The molecule has 0 N–H and O–H groups in total. The van der Waals surface area contributed by atoms with E-state index in [9.17, 15) is 0 Å². The van der Waals surface area contributed by atoms with Crippen LogP contribution in [0.15, 0.2) is 0 Å². The molecule has 0 saturated carbocycles. The zero-order valence-corrected chi connectivity index (χ0v) is 5.54. The smallest absolute Gasteiger partial charge is 0.102 e. The summed E-state index contributed by atoms with van der Waals surface area (Å²) in [6.07, 6.45) is 0.368. The van der Waals surface area contributed by atoms with Gasteiger partial charge in [0, 0.05) is 0 Å². The van der Waals surface area contributed by atoms with Crippen molar-refractivity contribution in [2.75, 3.05) is 20.1 Å². The van der Waals surface area contributed by atoms with Crippen LogP contribution in [-0.4, -0.2) is 37.1 Å². The number of nitrogens with zero attached hydrogens (tertiary/aromatic N) is 1. The van der Waals surface area contributed by atoms with E-state index in [0.717, 1.165) is 20.1 Å².